The maximum atomic E-state index is 12.6. The van der Waals surface area contributed by atoms with Crippen molar-refractivity contribution in [3.63, 3.8) is 0 Å². The number of rotatable bonds is 5. The van der Waals surface area contributed by atoms with Gasteiger partial charge in [-0.15, -0.1) is 0 Å². The molecule has 2 aromatic heterocycles. The Morgan fingerprint density at radius 2 is 2.17 bits per heavy atom. The van der Waals surface area contributed by atoms with Gasteiger partial charge in [0.25, 0.3) is 5.91 Å². The number of carboxylic acids is 1. The first-order valence-electron chi connectivity index (χ1n) is 7.78. The van der Waals surface area contributed by atoms with E-state index in [1.165, 1.54) is 0 Å². The summed E-state index contributed by atoms with van der Waals surface area (Å²) in [7, 11) is 0. The van der Waals surface area contributed by atoms with Gasteiger partial charge in [-0.25, -0.2) is 14.5 Å². The summed E-state index contributed by atoms with van der Waals surface area (Å²) in [5.74, 6) is -1.37. The zero-order chi connectivity index (χ0) is 16.8. The summed E-state index contributed by atoms with van der Waals surface area (Å²) in [4.78, 5) is 28.3. The Balaban J connectivity index is 2.02. The first-order chi connectivity index (χ1) is 10.9. The van der Waals surface area contributed by atoms with Gasteiger partial charge < -0.3 is 10.4 Å². The van der Waals surface area contributed by atoms with Crippen LogP contribution in [0.25, 0.3) is 11.0 Å². The molecule has 122 valence electrons. The van der Waals surface area contributed by atoms with Gasteiger partial charge in [0.15, 0.2) is 5.65 Å². The van der Waals surface area contributed by atoms with Crippen LogP contribution in [0.3, 0.4) is 0 Å². The molecule has 1 atom stereocenters. The fourth-order valence-electron chi connectivity index (χ4n) is 2.63. The minimum Gasteiger partial charge on any atom is -0.480 e. The van der Waals surface area contributed by atoms with Crippen LogP contribution in [0.4, 0.5) is 0 Å². The lowest BCUT2D eigenvalue weighted by Crippen LogP contribution is -2.43. The number of pyridine rings is 1. The number of carboxylic acid groups (broad SMARTS) is 1. The maximum Gasteiger partial charge on any atom is 0.329 e. The molecule has 2 N–H and O–H groups in total. The van der Waals surface area contributed by atoms with Crippen LogP contribution in [0.1, 0.15) is 55.2 Å². The van der Waals surface area contributed by atoms with Crippen LogP contribution in [-0.4, -0.2) is 37.3 Å². The molecule has 0 saturated heterocycles. The summed E-state index contributed by atoms with van der Waals surface area (Å²) < 4.78 is 1.81. The molecule has 0 aliphatic heterocycles. The van der Waals surface area contributed by atoms with Gasteiger partial charge >= 0.3 is 5.97 Å². The molecule has 7 heteroatoms. The second-order valence-electron chi connectivity index (χ2n) is 6.24. The molecule has 3 rings (SSSR count). The van der Waals surface area contributed by atoms with Crippen molar-refractivity contribution in [1.82, 2.24) is 20.1 Å². The zero-order valence-corrected chi connectivity index (χ0v) is 13.5. The Kier molecular flexibility index (Phi) is 3.58. The molecule has 1 saturated carbocycles. The molecular weight excluding hydrogens is 296 g/mol. The SMILES string of the molecule is CCC(C)n1ncc2c(C(=O)NC3(C(=O)O)CC3)cc(C)nc21. The van der Waals surface area contributed by atoms with E-state index >= 15 is 0 Å². The Labute approximate surface area is 133 Å². The third-order valence-corrected chi connectivity index (χ3v) is 4.46. The van der Waals surface area contributed by atoms with Crippen molar-refractivity contribution in [2.45, 2.75) is 51.6 Å². The highest BCUT2D eigenvalue weighted by Crippen LogP contribution is 2.36. The highest BCUT2D eigenvalue weighted by molar-refractivity contribution is 6.07. The average molecular weight is 316 g/mol. The first kappa shape index (κ1) is 15.5. The predicted molar refractivity (Wildman–Crippen MR) is 84.3 cm³/mol. The molecule has 23 heavy (non-hydrogen) atoms. The molecule has 0 radical (unpaired) electrons. The van der Waals surface area contributed by atoms with Crippen LogP contribution in [0, 0.1) is 6.92 Å². The Morgan fingerprint density at radius 3 is 2.74 bits per heavy atom. The minimum absolute atomic E-state index is 0.173. The average Bonchev–Trinajstić information content (AvgIpc) is 3.17. The van der Waals surface area contributed by atoms with Crippen molar-refractivity contribution in [1.29, 1.82) is 0 Å². The monoisotopic (exact) mass is 316 g/mol. The third kappa shape index (κ3) is 2.56. The van der Waals surface area contributed by atoms with Crippen molar-refractivity contribution < 1.29 is 14.7 Å². The van der Waals surface area contributed by atoms with Gasteiger partial charge in [-0.2, -0.15) is 5.10 Å². The summed E-state index contributed by atoms with van der Waals surface area (Å²) in [5.41, 5.74) is 0.680. The van der Waals surface area contributed by atoms with Gasteiger partial charge in [0.2, 0.25) is 0 Å². The summed E-state index contributed by atoms with van der Waals surface area (Å²) in [6, 6.07) is 1.85. The molecule has 1 unspecified atom stereocenters. The van der Waals surface area contributed by atoms with Crippen molar-refractivity contribution in [3.8, 4) is 0 Å². The van der Waals surface area contributed by atoms with Gasteiger partial charge in [-0.3, -0.25) is 4.79 Å². The van der Waals surface area contributed by atoms with Crippen LogP contribution in [0.15, 0.2) is 12.3 Å². The lowest BCUT2D eigenvalue weighted by Gasteiger charge is -2.14. The molecule has 1 amide bonds. The van der Waals surface area contributed by atoms with E-state index in [2.05, 4.69) is 22.3 Å². The lowest BCUT2D eigenvalue weighted by atomic mass is 10.1. The molecule has 2 heterocycles. The fourth-order valence-corrected chi connectivity index (χ4v) is 2.63. The first-order valence-corrected chi connectivity index (χ1v) is 7.78. The molecular formula is C16H20N4O3. The van der Waals surface area contributed by atoms with E-state index in [0.717, 1.165) is 6.42 Å². The van der Waals surface area contributed by atoms with E-state index in [9.17, 15) is 14.7 Å². The highest BCUT2D eigenvalue weighted by Gasteiger charge is 2.51. The number of carbonyl (C=O) groups is 2. The predicted octanol–water partition coefficient (Wildman–Crippen LogP) is 2.06. The standard InChI is InChI=1S/C16H20N4O3/c1-4-10(3)20-13-12(8-17-20)11(7-9(2)18-13)14(21)19-16(5-6-16)15(22)23/h7-8,10H,4-6H2,1-3H3,(H,19,21)(H,22,23). The second-order valence-corrected chi connectivity index (χ2v) is 6.24. The molecule has 1 aliphatic carbocycles. The van der Waals surface area contributed by atoms with E-state index in [-0.39, 0.29) is 11.9 Å². The summed E-state index contributed by atoms with van der Waals surface area (Å²) in [6.45, 7) is 5.92. The number of nitrogens with zero attached hydrogens (tertiary/aromatic N) is 3. The van der Waals surface area contributed by atoms with Crippen LogP contribution >= 0.6 is 0 Å². The molecule has 1 fully saturated rings. The van der Waals surface area contributed by atoms with E-state index < -0.39 is 11.5 Å². The number of fused-ring (bicyclic) bond motifs is 1. The van der Waals surface area contributed by atoms with Gasteiger partial charge in [0, 0.05) is 5.69 Å². The maximum absolute atomic E-state index is 12.6. The minimum atomic E-state index is -1.10. The molecule has 0 aromatic carbocycles. The molecule has 0 spiro atoms. The van der Waals surface area contributed by atoms with E-state index in [4.69, 9.17) is 0 Å². The van der Waals surface area contributed by atoms with Crippen molar-refractivity contribution >= 4 is 22.9 Å². The van der Waals surface area contributed by atoms with E-state index in [1.54, 1.807) is 12.3 Å². The summed E-state index contributed by atoms with van der Waals surface area (Å²) >= 11 is 0. The third-order valence-electron chi connectivity index (χ3n) is 4.46. The summed E-state index contributed by atoms with van der Waals surface area (Å²) in [5, 5.41) is 16.9. The van der Waals surface area contributed by atoms with Gasteiger partial charge in [-0.1, -0.05) is 6.92 Å². The van der Waals surface area contributed by atoms with Gasteiger partial charge in [0.05, 0.1) is 23.2 Å². The number of aromatic nitrogens is 3. The lowest BCUT2D eigenvalue weighted by molar-refractivity contribution is -0.140. The Bertz CT molecular complexity index is 792. The van der Waals surface area contributed by atoms with Crippen molar-refractivity contribution in [2.24, 2.45) is 0 Å². The topological polar surface area (TPSA) is 97.1 Å². The van der Waals surface area contributed by atoms with Gasteiger partial charge in [-0.05, 0) is 39.2 Å². The largest absolute Gasteiger partial charge is 0.480 e. The van der Waals surface area contributed by atoms with Crippen LogP contribution in [0.2, 0.25) is 0 Å². The number of nitrogens with one attached hydrogen (secondary N) is 1. The van der Waals surface area contributed by atoms with Crippen molar-refractivity contribution in [3.05, 3.63) is 23.5 Å². The van der Waals surface area contributed by atoms with Crippen LogP contribution < -0.4 is 5.32 Å². The number of hydrogen-bond acceptors (Lipinski definition) is 4. The van der Waals surface area contributed by atoms with Crippen molar-refractivity contribution in [2.75, 3.05) is 0 Å². The fraction of sp³-hybridized carbons (Fsp3) is 0.500. The number of amides is 1. The van der Waals surface area contributed by atoms with Crippen LogP contribution in [0.5, 0.6) is 0 Å². The Morgan fingerprint density at radius 1 is 1.48 bits per heavy atom. The zero-order valence-electron chi connectivity index (χ0n) is 13.5. The normalized spacial score (nSPS) is 17.0. The molecule has 1 aliphatic rings. The number of aryl methyl sites for hydroxylation is 1. The molecule has 7 nitrogen and oxygen atoms in total. The number of aliphatic carboxylic acids is 1. The van der Waals surface area contributed by atoms with E-state index in [0.29, 0.717) is 35.1 Å². The number of hydrogen-bond donors (Lipinski definition) is 2. The van der Waals surface area contributed by atoms with E-state index in [1.807, 2.05) is 18.5 Å². The Hall–Kier alpha value is -2.44. The summed E-state index contributed by atoms with van der Waals surface area (Å²) in [6.07, 6.45) is 3.46. The smallest absolute Gasteiger partial charge is 0.329 e. The number of carbonyl (C=O) groups excluding carboxylic acids is 1. The second kappa shape index (κ2) is 5.33. The molecule has 0 bridgehead atoms. The molecule has 2 aromatic rings. The highest BCUT2D eigenvalue weighted by atomic mass is 16.4. The van der Waals surface area contributed by atoms with Gasteiger partial charge in [0.1, 0.15) is 5.54 Å². The van der Waals surface area contributed by atoms with Crippen LogP contribution in [-0.2, 0) is 4.79 Å². The quantitative estimate of drug-likeness (QED) is 0.880.